The van der Waals surface area contributed by atoms with Crippen molar-refractivity contribution in [2.24, 2.45) is 0 Å². The SMILES string of the molecule is CN(C)CCCN(C)C(=O)c1cccc(F)c1Br. The summed E-state index contributed by atoms with van der Waals surface area (Å²) in [6, 6.07) is 4.49. The number of hydrogen-bond donors (Lipinski definition) is 0. The Labute approximate surface area is 116 Å². The molecule has 1 aromatic carbocycles. The molecule has 0 aliphatic rings. The Morgan fingerprint density at radius 1 is 1.28 bits per heavy atom. The second kappa shape index (κ2) is 6.85. The minimum Gasteiger partial charge on any atom is -0.342 e. The summed E-state index contributed by atoms with van der Waals surface area (Å²) >= 11 is 3.11. The minimum absolute atomic E-state index is 0.167. The summed E-state index contributed by atoms with van der Waals surface area (Å²) in [4.78, 5) is 15.8. The Kier molecular flexibility index (Phi) is 5.75. The molecular weight excluding hydrogens is 299 g/mol. The molecule has 0 radical (unpaired) electrons. The Hall–Kier alpha value is -0.940. The fourth-order valence-electron chi connectivity index (χ4n) is 1.60. The van der Waals surface area contributed by atoms with Gasteiger partial charge in [0.1, 0.15) is 5.82 Å². The number of hydrogen-bond acceptors (Lipinski definition) is 2. The van der Waals surface area contributed by atoms with Crippen molar-refractivity contribution in [3.8, 4) is 0 Å². The zero-order valence-electron chi connectivity index (χ0n) is 10.9. The van der Waals surface area contributed by atoms with Crippen molar-refractivity contribution in [1.29, 1.82) is 0 Å². The van der Waals surface area contributed by atoms with E-state index in [1.165, 1.54) is 6.07 Å². The van der Waals surface area contributed by atoms with E-state index in [-0.39, 0.29) is 10.4 Å². The largest absolute Gasteiger partial charge is 0.342 e. The summed E-state index contributed by atoms with van der Waals surface area (Å²) in [5, 5.41) is 0. The van der Waals surface area contributed by atoms with E-state index in [0.717, 1.165) is 13.0 Å². The highest BCUT2D eigenvalue weighted by molar-refractivity contribution is 9.10. The van der Waals surface area contributed by atoms with E-state index < -0.39 is 5.82 Å². The summed E-state index contributed by atoms with van der Waals surface area (Å²) in [6.07, 6.45) is 0.891. The highest BCUT2D eigenvalue weighted by Gasteiger charge is 2.16. The maximum Gasteiger partial charge on any atom is 0.254 e. The van der Waals surface area contributed by atoms with Gasteiger partial charge in [-0.3, -0.25) is 4.79 Å². The standard InChI is InChI=1S/C13H18BrFN2O/c1-16(2)8-5-9-17(3)13(18)10-6-4-7-11(15)12(10)14/h4,6-7H,5,8-9H2,1-3H3. The van der Waals surface area contributed by atoms with E-state index in [9.17, 15) is 9.18 Å². The van der Waals surface area contributed by atoms with Gasteiger partial charge in [-0.2, -0.15) is 0 Å². The summed E-state index contributed by atoms with van der Waals surface area (Å²) in [5.41, 5.74) is 0.363. The molecule has 0 saturated carbocycles. The van der Waals surface area contributed by atoms with Crippen LogP contribution in [0.3, 0.4) is 0 Å². The van der Waals surface area contributed by atoms with Gasteiger partial charge in [0.15, 0.2) is 0 Å². The molecular formula is C13H18BrFN2O. The third-order valence-electron chi connectivity index (χ3n) is 2.63. The third-order valence-corrected chi connectivity index (χ3v) is 3.43. The number of rotatable bonds is 5. The fourth-order valence-corrected chi connectivity index (χ4v) is 2.03. The molecule has 0 aliphatic heterocycles. The molecule has 3 nitrogen and oxygen atoms in total. The number of nitrogens with zero attached hydrogens (tertiary/aromatic N) is 2. The van der Waals surface area contributed by atoms with E-state index in [2.05, 4.69) is 20.8 Å². The van der Waals surface area contributed by atoms with Crippen LogP contribution in [0.2, 0.25) is 0 Å². The van der Waals surface area contributed by atoms with Gasteiger partial charge in [0, 0.05) is 13.6 Å². The molecule has 100 valence electrons. The van der Waals surface area contributed by atoms with Crippen molar-refractivity contribution < 1.29 is 9.18 Å². The number of amides is 1. The van der Waals surface area contributed by atoms with Gasteiger partial charge in [0.25, 0.3) is 5.91 Å². The topological polar surface area (TPSA) is 23.6 Å². The first-order valence-corrected chi connectivity index (χ1v) is 6.57. The molecule has 0 bridgehead atoms. The second-order valence-electron chi connectivity index (χ2n) is 4.48. The molecule has 5 heteroatoms. The molecule has 0 heterocycles. The molecule has 0 spiro atoms. The number of carbonyl (C=O) groups is 1. The first-order valence-electron chi connectivity index (χ1n) is 5.77. The molecule has 0 unspecified atom stereocenters. The number of halogens is 2. The van der Waals surface area contributed by atoms with Crippen molar-refractivity contribution in [3.63, 3.8) is 0 Å². The lowest BCUT2D eigenvalue weighted by Gasteiger charge is -2.19. The van der Waals surface area contributed by atoms with Crippen LogP contribution in [0.4, 0.5) is 4.39 Å². The van der Waals surface area contributed by atoms with Crippen molar-refractivity contribution in [1.82, 2.24) is 9.80 Å². The van der Waals surface area contributed by atoms with E-state index in [4.69, 9.17) is 0 Å². The molecule has 1 aromatic rings. The molecule has 0 N–H and O–H groups in total. The zero-order valence-corrected chi connectivity index (χ0v) is 12.5. The molecule has 18 heavy (non-hydrogen) atoms. The fraction of sp³-hybridized carbons (Fsp3) is 0.462. The van der Waals surface area contributed by atoms with Crippen molar-refractivity contribution >= 4 is 21.8 Å². The lowest BCUT2D eigenvalue weighted by Crippen LogP contribution is -2.30. The van der Waals surface area contributed by atoms with Crippen LogP contribution in [0.25, 0.3) is 0 Å². The average Bonchev–Trinajstić information content (AvgIpc) is 2.31. The van der Waals surface area contributed by atoms with Gasteiger partial charge >= 0.3 is 0 Å². The van der Waals surface area contributed by atoms with Crippen molar-refractivity contribution in [3.05, 3.63) is 34.1 Å². The van der Waals surface area contributed by atoms with E-state index in [1.54, 1.807) is 24.1 Å². The normalized spacial score (nSPS) is 10.8. The molecule has 1 amide bonds. The minimum atomic E-state index is -0.414. The van der Waals surface area contributed by atoms with Crippen molar-refractivity contribution in [2.75, 3.05) is 34.2 Å². The van der Waals surface area contributed by atoms with Crippen molar-refractivity contribution in [2.45, 2.75) is 6.42 Å². The molecule has 0 saturated heterocycles. The molecule has 0 atom stereocenters. The average molecular weight is 317 g/mol. The molecule has 0 aliphatic carbocycles. The number of benzene rings is 1. The van der Waals surface area contributed by atoms with Gasteiger partial charge in [-0.05, 0) is 55.1 Å². The number of carbonyl (C=O) groups excluding carboxylic acids is 1. The van der Waals surface area contributed by atoms with Crippen LogP contribution in [0.1, 0.15) is 16.8 Å². The van der Waals surface area contributed by atoms with Crippen LogP contribution < -0.4 is 0 Å². The van der Waals surface area contributed by atoms with Crippen LogP contribution in [0, 0.1) is 5.82 Å². The molecule has 1 rings (SSSR count). The van der Waals surface area contributed by atoms with E-state index in [0.29, 0.717) is 12.1 Å². The van der Waals surface area contributed by atoms with E-state index >= 15 is 0 Å². The van der Waals surface area contributed by atoms with E-state index in [1.807, 2.05) is 14.1 Å². The third kappa shape index (κ3) is 4.07. The quantitative estimate of drug-likeness (QED) is 0.833. The zero-order chi connectivity index (χ0) is 13.7. The molecule has 0 fully saturated rings. The Morgan fingerprint density at radius 3 is 2.56 bits per heavy atom. The van der Waals surface area contributed by atoms with Crippen LogP contribution in [-0.4, -0.2) is 49.9 Å². The predicted octanol–water partition coefficient (Wildman–Crippen LogP) is 2.61. The summed E-state index contributed by atoms with van der Waals surface area (Å²) in [7, 11) is 5.71. The lowest BCUT2D eigenvalue weighted by molar-refractivity contribution is 0.0789. The summed E-state index contributed by atoms with van der Waals surface area (Å²) in [6.45, 7) is 1.57. The Bertz CT molecular complexity index is 423. The smallest absolute Gasteiger partial charge is 0.254 e. The van der Waals surface area contributed by atoms with Gasteiger partial charge in [0.05, 0.1) is 10.0 Å². The maximum atomic E-state index is 13.3. The van der Waals surface area contributed by atoms with Gasteiger partial charge in [0.2, 0.25) is 0 Å². The van der Waals surface area contributed by atoms with Gasteiger partial charge in [-0.1, -0.05) is 6.07 Å². The van der Waals surface area contributed by atoms with Crippen LogP contribution in [0.15, 0.2) is 22.7 Å². The highest BCUT2D eigenvalue weighted by Crippen LogP contribution is 2.21. The predicted molar refractivity (Wildman–Crippen MR) is 74.2 cm³/mol. The van der Waals surface area contributed by atoms with Gasteiger partial charge < -0.3 is 9.80 Å². The second-order valence-corrected chi connectivity index (χ2v) is 5.28. The first-order chi connectivity index (χ1) is 8.43. The maximum absolute atomic E-state index is 13.3. The lowest BCUT2D eigenvalue weighted by atomic mass is 10.2. The van der Waals surface area contributed by atoms with Gasteiger partial charge in [-0.15, -0.1) is 0 Å². The molecule has 0 aromatic heterocycles. The Balaban J connectivity index is 2.66. The van der Waals surface area contributed by atoms with Crippen LogP contribution in [-0.2, 0) is 0 Å². The summed E-state index contributed by atoms with van der Waals surface area (Å²) < 4.78 is 13.6. The van der Waals surface area contributed by atoms with Gasteiger partial charge in [-0.25, -0.2) is 4.39 Å². The summed E-state index contributed by atoms with van der Waals surface area (Å²) in [5.74, 6) is -0.581. The highest BCUT2D eigenvalue weighted by atomic mass is 79.9. The Morgan fingerprint density at radius 2 is 1.94 bits per heavy atom. The monoisotopic (exact) mass is 316 g/mol. The van der Waals surface area contributed by atoms with Crippen LogP contribution >= 0.6 is 15.9 Å². The van der Waals surface area contributed by atoms with Crippen LogP contribution in [0.5, 0.6) is 0 Å². The first kappa shape index (κ1) is 15.1.